The molecule has 0 unspecified atom stereocenters. The van der Waals surface area contributed by atoms with E-state index >= 15 is 0 Å². The molecular formula is C19H14N4O. The molecule has 0 radical (unpaired) electrons. The molecule has 116 valence electrons. The normalized spacial score (nSPS) is 10.7. The highest BCUT2D eigenvalue weighted by atomic mass is 16.1. The number of hydrogen-bond donors (Lipinski definition) is 2. The van der Waals surface area contributed by atoms with Crippen LogP contribution in [0.3, 0.4) is 0 Å². The second kappa shape index (κ2) is 5.96. The average Bonchev–Trinajstić information content (AvgIpc) is 3.07. The van der Waals surface area contributed by atoms with Crippen molar-refractivity contribution < 1.29 is 4.79 Å². The summed E-state index contributed by atoms with van der Waals surface area (Å²) < 4.78 is 0. The zero-order valence-corrected chi connectivity index (χ0v) is 12.7. The van der Waals surface area contributed by atoms with Gasteiger partial charge in [-0.2, -0.15) is 0 Å². The van der Waals surface area contributed by atoms with Crippen LogP contribution in [-0.2, 0) is 0 Å². The Hall–Kier alpha value is -3.47. The summed E-state index contributed by atoms with van der Waals surface area (Å²) in [5, 5.41) is 2.85. The van der Waals surface area contributed by atoms with E-state index < -0.39 is 0 Å². The fraction of sp³-hybridized carbons (Fsp3) is 0. The van der Waals surface area contributed by atoms with Crippen LogP contribution in [0.4, 0.5) is 5.69 Å². The van der Waals surface area contributed by atoms with Crippen molar-refractivity contribution in [2.24, 2.45) is 0 Å². The summed E-state index contributed by atoms with van der Waals surface area (Å²) >= 11 is 0. The first-order valence-corrected chi connectivity index (χ1v) is 7.56. The van der Waals surface area contributed by atoms with Gasteiger partial charge in [0.25, 0.3) is 5.91 Å². The van der Waals surface area contributed by atoms with Gasteiger partial charge in [-0.3, -0.25) is 9.78 Å². The van der Waals surface area contributed by atoms with Crippen LogP contribution in [0.15, 0.2) is 73.1 Å². The number of benzene rings is 2. The van der Waals surface area contributed by atoms with E-state index in [1.807, 2.05) is 48.5 Å². The Morgan fingerprint density at radius 1 is 0.958 bits per heavy atom. The smallest absolute Gasteiger partial charge is 0.257 e. The number of fused-ring (bicyclic) bond motifs is 1. The predicted octanol–water partition coefficient (Wildman–Crippen LogP) is 3.88. The summed E-state index contributed by atoms with van der Waals surface area (Å²) in [7, 11) is 0. The van der Waals surface area contributed by atoms with E-state index in [-0.39, 0.29) is 5.91 Å². The molecule has 0 aliphatic rings. The molecule has 2 N–H and O–H groups in total. The van der Waals surface area contributed by atoms with Crippen LogP contribution in [0.25, 0.3) is 22.4 Å². The number of carbonyl (C=O) groups excluding carboxylic acids is 1. The van der Waals surface area contributed by atoms with Crippen LogP contribution in [0.2, 0.25) is 0 Å². The maximum atomic E-state index is 12.1. The molecule has 2 heterocycles. The fourth-order valence-electron chi connectivity index (χ4n) is 2.50. The minimum absolute atomic E-state index is 0.181. The predicted molar refractivity (Wildman–Crippen MR) is 93.7 cm³/mol. The molecule has 5 nitrogen and oxygen atoms in total. The molecule has 0 fully saturated rings. The number of amides is 1. The maximum absolute atomic E-state index is 12.1. The van der Waals surface area contributed by atoms with E-state index in [1.54, 1.807) is 18.3 Å². The number of carbonyl (C=O) groups is 1. The van der Waals surface area contributed by atoms with Crippen molar-refractivity contribution >= 4 is 22.6 Å². The van der Waals surface area contributed by atoms with Crippen LogP contribution in [0, 0.1) is 0 Å². The van der Waals surface area contributed by atoms with Crippen LogP contribution >= 0.6 is 0 Å². The highest BCUT2D eigenvalue weighted by molar-refractivity contribution is 6.04. The standard InChI is InChI=1S/C19H14N4O/c24-19(14-4-3-11-20-12-14)21-15-9-7-13(8-10-15)18-22-16-5-1-2-6-17(16)23-18/h1-12H,(H,21,24)(H,22,23). The number of nitrogens with zero attached hydrogens (tertiary/aromatic N) is 2. The SMILES string of the molecule is O=C(Nc1ccc(-c2nc3ccccc3[nH]2)cc1)c1cccnc1. The highest BCUT2D eigenvalue weighted by Gasteiger charge is 2.07. The Morgan fingerprint density at radius 2 is 1.79 bits per heavy atom. The summed E-state index contributed by atoms with van der Waals surface area (Å²) in [6.45, 7) is 0. The molecule has 24 heavy (non-hydrogen) atoms. The number of hydrogen-bond acceptors (Lipinski definition) is 3. The van der Waals surface area contributed by atoms with Crippen molar-refractivity contribution in [2.45, 2.75) is 0 Å². The minimum Gasteiger partial charge on any atom is -0.338 e. The van der Waals surface area contributed by atoms with Crippen molar-refractivity contribution in [3.63, 3.8) is 0 Å². The van der Waals surface area contributed by atoms with Crippen LogP contribution < -0.4 is 5.32 Å². The highest BCUT2D eigenvalue weighted by Crippen LogP contribution is 2.22. The second-order valence-electron chi connectivity index (χ2n) is 5.38. The number of anilines is 1. The Morgan fingerprint density at radius 3 is 2.54 bits per heavy atom. The van der Waals surface area contributed by atoms with Crippen molar-refractivity contribution in [1.82, 2.24) is 15.0 Å². The number of H-pyrrole nitrogens is 1. The number of imidazole rings is 1. The van der Waals surface area contributed by atoms with Gasteiger partial charge in [-0.25, -0.2) is 4.98 Å². The third-order valence-corrected chi connectivity index (χ3v) is 3.73. The monoisotopic (exact) mass is 314 g/mol. The quantitative estimate of drug-likeness (QED) is 0.603. The van der Waals surface area contributed by atoms with E-state index in [1.165, 1.54) is 6.20 Å². The van der Waals surface area contributed by atoms with E-state index in [0.29, 0.717) is 5.56 Å². The summed E-state index contributed by atoms with van der Waals surface area (Å²) in [5.74, 6) is 0.626. The summed E-state index contributed by atoms with van der Waals surface area (Å²) in [5.41, 5.74) is 4.15. The fourth-order valence-corrected chi connectivity index (χ4v) is 2.50. The van der Waals surface area contributed by atoms with Crippen LogP contribution in [-0.4, -0.2) is 20.9 Å². The lowest BCUT2D eigenvalue weighted by Crippen LogP contribution is -2.11. The van der Waals surface area contributed by atoms with Gasteiger partial charge in [0, 0.05) is 23.6 Å². The van der Waals surface area contributed by atoms with Gasteiger partial charge in [-0.1, -0.05) is 12.1 Å². The van der Waals surface area contributed by atoms with E-state index in [9.17, 15) is 4.79 Å². The third kappa shape index (κ3) is 2.75. The first kappa shape index (κ1) is 14.1. The van der Waals surface area contributed by atoms with E-state index in [0.717, 1.165) is 28.1 Å². The van der Waals surface area contributed by atoms with Crippen molar-refractivity contribution in [3.8, 4) is 11.4 Å². The van der Waals surface area contributed by atoms with Crippen molar-refractivity contribution in [1.29, 1.82) is 0 Å². The lowest BCUT2D eigenvalue weighted by molar-refractivity contribution is 0.102. The number of pyridine rings is 1. The van der Waals surface area contributed by atoms with Gasteiger partial charge in [0.2, 0.25) is 0 Å². The Labute approximate surface area is 138 Å². The molecule has 5 heteroatoms. The van der Waals surface area contributed by atoms with Gasteiger partial charge in [0.05, 0.1) is 16.6 Å². The summed E-state index contributed by atoms with van der Waals surface area (Å²) in [6, 6.07) is 18.9. The molecule has 0 aliphatic carbocycles. The van der Waals surface area contributed by atoms with Crippen LogP contribution in [0.1, 0.15) is 10.4 Å². The van der Waals surface area contributed by atoms with E-state index in [4.69, 9.17) is 0 Å². The minimum atomic E-state index is -0.181. The topological polar surface area (TPSA) is 70.7 Å². The molecule has 4 aromatic rings. The Bertz CT molecular complexity index is 958. The number of aromatic nitrogens is 3. The molecular weight excluding hydrogens is 300 g/mol. The molecule has 0 aliphatic heterocycles. The first-order valence-electron chi connectivity index (χ1n) is 7.56. The third-order valence-electron chi connectivity index (χ3n) is 3.73. The number of nitrogens with one attached hydrogen (secondary N) is 2. The van der Waals surface area contributed by atoms with Gasteiger partial charge in [-0.05, 0) is 48.5 Å². The van der Waals surface area contributed by atoms with Crippen molar-refractivity contribution in [3.05, 3.63) is 78.6 Å². The molecule has 0 spiro atoms. The number of para-hydroxylation sites is 2. The molecule has 4 rings (SSSR count). The van der Waals surface area contributed by atoms with Gasteiger partial charge >= 0.3 is 0 Å². The maximum Gasteiger partial charge on any atom is 0.257 e. The molecule has 0 saturated carbocycles. The molecule has 2 aromatic heterocycles. The van der Waals surface area contributed by atoms with Gasteiger partial charge < -0.3 is 10.3 Å². The van der Waals surface area contributed by atoms with Crippen molar-refractivity contribution in [2.75, 3.05) is 5.32 Å². The van der Waals surface area contributed by atoms with E-state index in [2.05, 4.69) is 20.3 Å². The molecule has 2 aromatic carbocycles. The zero-order valence-electron chi connectivity index (χ0n) is 12.7. The summed E-state index contributed by atoms with van der Waals surface area (Å²) in [4.78, 5) is 23.9. The molecule has 0 atom stereocenters. The lowest BCUT2D eigenvalue weighted by atomic mass is 10.2. The zero-order chi connectivity index (χ0) is 16.4. The Balaban J connectivity index is 1.55. The van der Waals surface area contributed by atoms with Gasteiger partial charge in [-0.15, -0.1) is 0 Å². The summed E-state index contributed by atoms with van der Waals surface area (Å²) in [6.07, 6.45) is 3.18. The number of aromatic amines is 1. The largest absolute Gasteiger partial charge is 0.338 e. The molecule has 0 saturated heterocycles. The van der Waals surface area contributed by atoms with Crippen LogP contribution in [0.5, 0.6) is 0 Å². The lowest BCUT2D eigenvalue weighted by Gasteiger charge is -2.05. The average molecular weight is 314 g/mol. The first-order chi connectivity index (χ1) is 11.8. The van der Waals surface area contributed by atoms with Gasteiger partial charge in [0.1, 0.15) is 5.82 Å². The molecule has 1 amide bonds. The van der Waals surface area contributed by atoms with Gasteiger partial charge in [0.15, 0.2) is 0 Å². The molecule has 0 bridgehead atoms. The Kier molecular flexibility index (Phi) is 3.51. The second-order valence-corrected chi connectivity index (χ2v) is 5.38. The number of rotatable bonds is 3.